The van der Waals surface area contributed by atoms with Crippen molar-refractivity contribution in [1.82, 2.24) is 9.80 Å². The highest BCUT2D eigenvalue weighted by atomic mass is 32.1. The minimum Gasteiger partial charge on any atom is -0.373 e. The van der Waals surface area contributed by atoms with Gasteiger partial charge in [0.2, 0.25) is 0 Å². The number of aryl methyl sites for hydroxylation is 2. The lowest BCUT2D eigenvalue weighted by atomic mass is 9.91. The molecule has 0 saturated carbocycles. The van der Waals surface area contributed by atoms with Crippen molar-refractivity contribution in [1.29, 1.82) is 0 Å². The molecule has 0 radical (unpaired) electrons. The molecule has 3 aliphatic rings. The molecule has 2 aliphatic heterocycles. The molecule has 0 bridgehead atoms. The summed E-state index contributed by atoms with van der Waals surface area (Å²) in [6.07, 6.45) is 4.89. The van der Waals surface area contributed by atoms with Gasteiger partial charge in [-0.3, -0.25) is 9.69 Å². The molecule has 5 heteroatoms. The normalized spacial score (nSPS) is 27.0. The Balaban J connectivity index is 1.34. The third kappa shape index (κ3) is 3.76. The molecule has 0 spiro atoms. The van der Waals surface area contributed by atoms with E-state index < -0.39 is 0 Å². The molecule has 2 aromatic rings. The van der Waals surface area contributed by atoms with Crippen LogP contribution in [-0.4, -0.2) is 60.1 Å². The number of hydrogen-bond acceptors (Lipinski definition) is 4. The van der Waals surface area contributed by atoms with Crippen LogP contribution in [0.2, 0.25) is 0 Å². The van der Waals surface area contributed by atoms with Crippen molar-refractivity contribution in [2.45, 2.75) is 57.8 Å². The van der Waals surface area contributed by atoms with Crippen LogP contribution >= 0.6 is 11.3 Å². The molecule has 29 heavy (non-hydrogen) atoms. The molecule has 154 valence electrons. The van der Waals surface area contributed by atoms with Gasteiger partial charge in [0.1, 0.15) is 0 Å². The zero-order chi connectivity index (χ0) is 20.0. The molecule has 1 aliphatic carbocycles. The van der Waals surface area contributed by atoms with Gasteiger partial charge in [0.25, 0.3) is 5.91 Å². The van der Waals surface area contributed by atoms with Gasteiger partial charge in [-0.15, -0.1) is 11.3 Å². The number of benzene rings is 1. The van der Waals surface area contributed by atoms with Crippen molar-refractivity contribution < 1.29 is 9.53 Å². The number of rotatable bonds is 3. The van der Waals surface area contributed by atoms with Crippen molar-refractivity contribution in [2.24, 2.45) is 0 Å². The van der Waals surface area contributed by atoms with Gasteiger partial charge < -0.3 is 9.64 Å². The fourth-order valence-corrected chi connectivity index (χ4v) is 6.57. The molecule has 3 heterocycles. The number of hydrogen-bond donors (Lipinski definition) is 0. The van der Waals surface area contributed by atoms with E-state index in [1.165, 1.54) is 21.6 Å². The SMILES string of the molecule is CC1CN(CC2CCCN2C(=O)c2cc3c(s2)-c2ccccc2CC3)CC(C)O1. The van der Waals surface area contributed by atoms with Gasteiger partial charge >= 0.3 is 0 Å². The van der Waals surface area contributed by atoms with Gasteiger partial charge in [0, 0.05) is 37.1 Å². The Morgan fingerprint density at radius 2 is 1.90 bits per heavy atom. The number of carbonyl (C=O) groups excluding carboxylic acids is 1. The van der Waals surface area contributed by atoms with E-state index in [1.807, 2.05) is 0 Å². The fourth-order valence-electron chi connectivity index (χ4n) is 5.34. The lowest BCUT2D eigenvalue weighted by molar-refractivity contribution is -0.0715. The topological polar surface area (TPSA) is 32.8 Å². The van der Waals surface area contributed by atoms with Gasteiger partial charge in [-0.25, -0.2) is 0 Å². The van der Waals surface area contributed by atoms with E-state index in [0.717, 1.165) is 56.7 Å². The Kier molecular flexibility index (Phi) is 5.23. The quantitative estimate of drug-likeness (QED) is 0.759. The zero-order valence-electron chi connectivity index (χ0n) is 17.4. The smallest absolute Gasteiger partial charge is 0.264 e. The molecule has 1 amide bonds. The number of amides is 1. The van der Waals surface area contributed by atoms with Crippen LogP contribution in [0.3, 0.4) is 0 Å². The molecule has 1 aromatic heterocycles. The average molecular weight is 411 g/mol. The molecule has 0 N–H and O–H groups in total. The molecule has 2 fully saturated rings. The largest absolute Gasteiger partial charge is 0.373 e. The first-order chi connectivity index (χ1) is 14.1. The van der Waals surface area contributed by atoms with E-state index in [1.54, 1.807) is 11.3 Å². The first-order valence-electron chi connectivity index (χ1n) is 11.0. The van der Waals surface area contributed by atoms with Crippen LogP contribution in [0.15, 0.2) is 30.3 Å². The Labute approximate surface area is 177 Å². The lowest BCUT2D eigenvalue weighted by Gasteiger charge is -2.38. The second-order valence-electron chi connectivity index (χ2n) is 8.89. The molecule has 2 saturated heterocycles. The first-order valence-corrected chi connectivity index (χ1v) is 11.8. The minimum absolute atomic E-state index is 0.235. The van der Waals surface area contributed by atoms with Crippen molar-refractivity contribution >= 4 is 17.2 Å². The third-order valence-corrected chi connectivity index (χ3v) is 7.75. The summed E-state index contributed by atoms with van der Waals surface area (Å²) >= 11 is 1.70. The van der Waals surface area contributed by atoms with Crippen molar-refractivity contribution in [3.8, 4) is 10.4 Å². The summed E-state index contributed by atoms with van der Waals surface area (Å²) in [5.74, 6) is 0.235. The van der Waals surface area contributed by atoms with Crippen LogP contribution in [0.4, 0.5) is 0 Å². The molecule has 1 aromatic carbocycles. The second-order valence-corrected chi connectivity index (χ2v) is 9.94. The maximum absolute atomic E-state index is 13.5. The van der Waals surface area contributed by atoms with Crippen molar-refractivity contribution in [2.75, 3.05) is 26.2 Å². The number of ether oxygens (including phenoxy) is 1. The number of fused-ring (bicyclic) bond motifs is 3. The van der Waals surface area contributed by atoms with Crippen LogP contribution in [0.25, 0.3) is 10.4 Å². The van der Waals surface area contributed by atoms with E-state index >= 15 is 0 Å². The molecule has 3 atom stereocenters. The van der Waals surface area contributed by atoms with Gasteiger partial charge in [-0.2, -0.15) is 0 Å². The average Bonchev–Trinajstić information content (AvgIpc) is 3.33. The minimum atomic E-state index is 0.235. The second kappa shape index (κ2) is 7.86. The van der Waals surface area contributed by atoms with Crippen LogP contribution < -0.4 is 0 Å². The molecule has 3 unspecified atom stereocenters. The number of nitrogens with zero attached hydrogens (tertiary/aromatic N) is 2. The van der Waals surface area contributed by atoms with E-state index in [9.17, 15) is 4.79 Å². The third-order valence-electron chi connectivity index (χ3n) is 6.55. The Bertz CT molecular complexity index is 898. The predicted octanol–water partition coefficient (Wildman–Crippen LogP) is 4.23. The molecular weight excluding hydrogens is 380 g/mol. The Morgan fingerprint density at radius 3 is 2.72 bits per heavy atom. The van der Waals surface area contributed by atoms with Crippen molar-refractivity contribution in [3.63, 3.8) is 0 Å². The van der Waals surface area contributed by atoms with E-state index in [2.05, 4.69) is 54.0 Å². The van der Waals surface area contributed by atoms with Crippen LogP contribution in [-0.2, 0) is 17.6 Å². The zero-order valence-corrected chi connectivity index (χ0v) is 18.2. The fraction of sp³-hybridized carbons (Fsp3) is 0.542. The lowest BCUT2D eigenvalue weighted by Crippen LogP contribution is -2.50. The number of likely N-dealkylation sites (tertiary alicyclic amines) is 1. The molecule has 5 rings (SSSR count). The van der Waals surface area contributed by atoms with Gasteiger partial charge in [0.05, 0.1) is 17.1 Å². The van der Waals surface area contributed by atoms with Crippen LogP contribution in [0.1, 0.15) is 47.5 Å². The highest BCUT2D eigenvalue weighted by Gasteiger charge is 2.34. The summed E-state index contributed by atoms with van der Waals surface area (Å²) in [5.41, 5.74) is 4.09. The number of morpholine rings is 1. The standard InChI is InChI=1S/C24H30N2O2S/c1-16-13-25(14-17(2)28-16)15-20-7-5-11-26(20)24(27)22-12-19-10-9-18-6-3-4-8-21(18)23(19)29-22/h3-4,6,8,12,16-17,20H,5,7,9-11,13-15H2,1-2H3. The van der Waals surface area contributed by atoms with E-state index in [4.69, 9.17) is 4.74 Å². The van der Waals surface area contributed by atoms with Crippen LogP contribution in [0.5, 0.6) is 0 Å². The van der Waals surface area contributed by atoms with E-state index in [0.29, 0.717) is 6.04 Å². The van der Waals surface area contributed by atoms with Gasteiger partial charge in [-0.1, -0.05) is 24.3 Å². The maximum Gasteiger partial charge on any atom is 0.264 e. The van der Waals surface area contributed by atoms with E-state index in [-0.39, 0.29) is 18.1 Å². The first kappa shape index (κ1) is 19.3. The summed E-state index contributed by atoms with van der Waals surface area (Å²) in [4.78, 5) is 20.3. The summed E-state index contributed by atoms with van der Waals surface area (Å²) in [6.45, 7) is 8.08. The maximum atomic E-state index is 13.5. The Morgan fingerprint density at radius 1 is 1.14 bits per heavy atom. The summed E-state index contributed by atoms with van der Waals surface area (Å²) < 4.78 is 5.88. The molecular formula is C24H30N2O2S. The monoisotopic (exact) mass is 410 g/mol. The summed E-state index contributed by atoms with van der Waals surface area (Å²) in [6, 6.07) is 11.2. The summed E-state index contributed by atoms with van der Waals surface area (Å²) in [7, 11) is 0. The Hall–Kier alpha value is -1.69. The van der Waals surface area contributed by atoms with Crippen molar-refractivity contribution in [3.05, 3.63) is 46.3 Å². The highest BCUT2D eigenvalue weighted by molar-refractivity contribution is 7.17. The molecule has 4 nitrogen and oxygen atoms in total. The number of carbonyl (C=O) groups is 1. The highest BCUT2D eigenvalue weighted by Crippen LogP contribution is 2.40. The van der Waals surface area contributed by atoms with Crippen LogP contribution in [0, 0.1) is 0 Å². The summed E-state index contributed by atoms with van der Waals surface area (Å²) in [5, 5.41) is 0. The van der Waals surface area contributed by atoms with Gasteiger partial charge in [-0.05, 0) is 62.3 Å². The van der Waals surface area contributed by atoms with Gasteiger partial charge in [0.15, 0.2) is 0 Å². The predicted molar refractivity (Wildman–Crippen MR) is 118 cm³/mol. The number of thiophene rings is 1.